The number of alkyl halides is 1. The zero-order valence-corrected chi connectivity index (χ0v) is 13.2. The van der Waals surface area contributed by atoms with Crippen LogP contribution in [0.1, 0.15) is 15.9 Å². The summed E-state index contributed by atoms with van der Waals surface area (Å²) < 4.78 is 6.33. The number of carbonyl (C=O) groups is 1. The molecule has 0 saturated carbocycles. The fourth-order valence-electron chi connectivity index (χ4n) is 1.81. The van der Waals surface area contributed by atoms with Crippen LogP contribution in [-0.4, -0.2) is 18.3 Å². The van der Waals surface area contributed by atoms with Crippen molar-refractivity contribution in [2.24, 2.45) is 0 Å². The fourth-order valence-corrected chi connectivity index (χ4v) is 2.31. The molecule has 104 valence electrons. The van der Waals surface area contributed by atoms with Gasteiger partial charge in [-0.15, -0.1) is 11.6 Å². The molecule has 0 saturated heterocycles. The standard InChI is InChI=1S/C16H14BrClO2/c17-15-4-2-1-3-13(15)11-16(19)12-5-7-14(8-6-12)20-10-9-18/h1-8H,9-11H2. The number of Topliss-reactive ketones (excluding diaryl/α,β-unsaturated/α-hetero) is 1. The molecule has 0 atom stereocenters. The fraction of sp³-hybridized carbons (Fsp3) is 0.188. The van der Waals surface area contributed by atoms with Crippen LogP contribution in [-0.2, 0) is 6.42 Å². The maximum atomic E-state index is 12.2. The molecule has 0 N–H and O–H groups in total. The average Bonchev–Trinajstić information content (AvgIpc) is 2.48. The van der Waals surface area contributed by atoms with Crippen LogP contribution < -0.4 is 4.74 Å². The van der Waals surface area contributed by atoms with Crippen LogP contribution in [0, 0.1) is 0 Å². The van der Waals surface area contributed by atoms with E-state index in [1.54, 1.807) is 24.3 Å². The summed E-state index contributed by atoms with van der Waals surface area (Å²) in [7, 11) is 0. The van der Waals surface area contributed by atoms with Crippen LogP contribution in [0.25, 0.3) is 0 Å². The van der Waals surface area contributed by atoms with Crippen molar-refractivity contribution >= 4 is 33.3 Å². The second-order valence-electron chi connectivity index (χ2n) is 4.25. The first-order valence-electron chi connectivity index (χ1n) is 6.26. The number of carbonyl (C=O) groups excluding carboxylic acids is 1. The molecule has 0 radical (unpaired) electrons. The molecule has 0 unspecified atom stereocenters. The van der Waals surface area contributed by atoms with E-state index in [4.69, 9.17) is 16.3 Å². The lowest BCUT2D eigenvalue weighted by molar-refractivity contribution is 0.0993. The summed E-state index contributed by atoms with van der Waals surface area (Å²) in [6.45, 7) is 0.464. The second-order valence-corrected chi connectivity index (χ2v) is 5.49. The van der Waals surface area contributed by atoms with Crippen molar-refractivity contribution in [3.8, 4) is 5.75 Å². The van der Waals surface area contributed by atoms with Crippen LogP contribution in [0.5, 0.6) is 5.75 Å². The minimum Gasteiger partial charge on any atom is -0.492 e. The Kier molecular flexibility index (Phi) is 5.62. The number of halogens is 2. The molecule has 2 rings (SSSR count). The van der Waals surface area contributed by atoms with Gasteiger partial charge in [0.05, 0.1) is 5.88 Å². The quantitative estimate of drug-likeness (QED) is 0.565. The number of ether oxygens (including phenoxy) is 1. The lowest BCUT2D eigenvalue weighted by atomic mass is 10.0. The van der Waals surface area contributed by atoms with Crippen LogP contribution >= 0.6 is 27.5 Å². The Bertz CT molecular complexity index is 581. The first kappa shape index (κ1) is 15.1. The Morgan fingerprint density at radius 2 is 1.80 bits per heavy atom. The SMILES string of the molecule is O=C(Cc1ccccc1Br)c1ccc(OCCCl)cc1. The summed E-state index contributed by atoms with van der Waals surface area (Å²) >= 11 is 9.01. The monoisotopic (exact) mass is 352 g/mol. The van der Waals surface area contributed by atoms with Gasteiger partial charge in [-0.1, -0.05) is 34.1 Å². The Morgan fingerprint density at radius 3 is 2.45 bits per heavy atom. The lowest BCUT2D eigenvalue weighted by Gasteiger charge is -2.06. The Labute approximate surface area is 131 Å². The van der Waals surface area contributed by atoms with E-state index in [0.29, 0.717) is 24.5 Å². The topological polar surface area (TPSA) is 26.3 Å². The first-order valence-corrected chi connectivity index (χ1v) is 7.59. The van der Waals surface area contributed by atoms with E-state index in [2.05, 4.69) is 15.9 Å². The summed E-state index contributed by atoms with van der Waals surface area (Å²) in [6, 6.07) is 14.9. The predicted molar refractivity (Wildman–Crippen MR) is 84.8 cm³/mol. The van der Waals surface area contributed by atoms with Crippen LogP contribution in [0.3, 0.4) is 0 Å². The molecule has 2 aromatic rings. The van der Waals surface area contributed by atoms with Gasteiger partial charge < -0.3 is 4.74 Å². The third kappa shape index (κ3) is 4.09. The van der Waals surface area contributed by atoms with Crippen molar-refractivity contribution in [3.63, 3.8) is 0 Å². The highest BCUT2D eigenvalue weighted by Gasteiger charge is 2.09. The van der Waals surface area contributed by atoms with Gasteiger partial charge in [-0.05, 0) is 35.9 Å². The average molecular weight is 354 g/mol. The molecule has 0 bridgehead atoms. The molecule has 0 aliphatic carbocycles. The van der Waals surface area contributed by atoms with E-state index in [9.17, 15) is 4.79 Å². The van der Waals surface area contributed by atoms with E-state index < -0.39 is 0 Å². The smallest absolute Gasteiger partial charge is 0.167 e. The van der Waals surface area contributed by atoms with E-state index in [-0.39, 0.29) is 5.78 Å². The third-order valence-electron chi connectivity index (χ3n) is 2.83. The highest BCUT2D eigenvalue weighted by molar-refractivity contribution is 9.10. The summed E-state index contributed by atoms with van der Waals surface area (Å²) in [5.74, 6) is 1.26. The van der Waals surface area contributed by atoms with E-state index >= 15 is 0 Å². The maximum Gasteiger partial charge on any atom is 0.167 e. The van der Waals surface area contributed by atoms with Crippen molar-refractivity contribution < 1.29 is 9.53 Å². The molecular formula is C16H14BrClO2. The Hall–Kier alpha value is -1.32. The van der Waals surface area contributed by atoms with Crippen LogP contribution in [0.2, 0.25) is 0 Å². The number of rotatable bonds is 6. The summed E-state index contributed by atoms with van der Waals surface area (Å²) in [6.07, 6.45) is 0.378. The van der Waals surface area contributed by atoms with Gasteiger partial charge in [0.15, 0.2) is 5.78 Å². The van der Waals surface area contributed by atoms with E-state index in [1.165, 1.54) is 0 Å². The molecule has 0 aromatic heterocycles. The van der Waals surface area contributed by atoms with Gasteiger partial charge in [-0.2, -0.15) is 0 Å². The Balaban J connectivity index is 2.04. The molecule has 0 aliphatic heterocycles. The molecule has 2 aromatic carbocycles. The molecule has 0 amide bonds. The minimum atomic E-state index is 0.0841. The maximum absolute atomic E-state index is 12.2. The van der Waals surface area contributed by atoms with Crippen molar-refractivity contribution in [2.45, 2.75) is 6.42 Å². The number of benzene rings is 2. The van der Waals surface area contributed by atoms with Crippen LogP contribution in [0.4, 0.5) is 0 Å². The van der Waals surface area contributed by atoms with Gasteiger partial charge in [0.2, 0.25) is 0 Å². The number of hydrogen-bond donors (Lipinski definition) is 0. The lowest BCUT2D eigenvalue weighted by Crippen LogP contribution is -2.04. The van der Waals surface area contributed by atoms with Gasteiger partial charge in [-0.3, -0.25) is 4.79 Å². The summed E-state index contributed by atoms with van der Waals surface area (Å²) in [5, 5.41) is 0. The third-order valence-corrected chi connectivity index (χ3v) is 3.76. The van der Waals surface area contributed by atoms with Crippen molar-refractivity contribution in [2.75, 3.05) is 12.5 Å². The Morgan fingerprint density at radius 1 is 1.10 bits per heavy atom. The highest BCUT2D eigenvalue weighted by Crippen LogP contribution is 2.19. The number of ketones is 1. The molecule has 0 heterocycles. The summed E-state index contributed by atoms with van der Waals surface area (Å²) in [5.41, 5.74) is 1.67. The van der Waals surface area contributed by atoms with Gasteiger partial charge in [0.25, 0.3) is 0 Å². The largest absolute Gasteiger partial charge is 0.492 e. The molecule has 20 heavy (non-hydrogen) atoms. The molecule has 0 spiro atoms. The van der Waals surface area contributed by atoms with E-state index in [0.717, 1.165) is 15.8 Å². The van der Waals surface area contributed by atoms with Crippen molar-refractivity contribution in [1.82, 2.24) is 0 Å². The molecule has 0 aliphatic rings. The first-order chi connectivity index (χ1) is 9.70. The summed E-state index contributed by atoms with van der Waals surface area (Å²) in [4.78, 5) is 12.2. The highest BCUT2D eigenvalue weighted by atomic mass is 79.9. The number of hydrogen-bond acceptors (Lipinski definition) is 2. The normalized spacial score (nSPS) is 10.3. The predicted octanol–water partition coefficient (Wildman–Crippen LogP) is 4.49. The van der Waals surface area contributed by atoms with Crippen LogP contribution in [0.15, 0.2) is 53.0 Å². The zero-order chi connectivity index (χ0) is 14.4. The molecule has 2 nitrogen and oxygen atoms in total. The second kappa shape index (κ2) is 7.46. The van der Waals surface area contributed by atoms with Crippen molar-refractivity contribution in [1.29, 1.82) is 0 Å². The van der Waals surface area contributed by atoms with Gasteiger partial charge in [0, 0.05) is 16.5 Å². The molecular weight excluding hydrogens is 340 g/mol. The molecule has 4 heteroatoms. The van der Waals surface area contributed by atoms with Gasteiger partial charge in [0.1, 0.15) is 12.4 Å². The van der Waals surface area contributed by atoms with Crippen molar-refractivity contribution in [3.05, 3.63) is 64.1 Å². The molecule has 0 fully saturated rings. The van der Waals surface area contributed by atoms with Gasteiger partial charge in [-0.25, -0.2) is 0 Å². The minimum absolute atomic E-state index is 0.0841. The van der Waals surface area contributed by atoms with E-state index in [1.807, 2.05) is 24.3 Å². The van der Waals surface area contributed by atoms with Gasteiger partial charge >= 0.3 is 0 Å². The zero-order valence-electron chi connectivity index (χ0n) is 10.8.